The highest BCUT2D eigenvalue weighted by Gasteiger charge is 2.16. The van der Waals surface area contributed by atoms with Gasteiger partial charge in [-0.15, -0.1) is 0 Å². The predicted octanol–water partition coefficient (Wildman–Crippen LogP) is 0.330. The Bertz CT molecular complexity index is 253. The lowest BCUT2D eigenvalue weighted by atomic mass is 10.2. The first kappa shape index (κ1) is 18.5. The van der Waals surface area contributed by atoms with Crippen LogP contribution in [0.15, 0.2) is 0 Å². The molecule has 2 amide bonds. The van der Waals surface area contributed by atoms with E-state index < -0.39 is 18.4 Å². The van der Waals surface area contributed by atoms with E-state index in [0.717, 1.165) is 19.3 Å². The molecule has 20 heavy (non-hydrogen) atoms. The molecule has 0 aliphatic rings. The summed E-state index contributed by atoms with van der Waals surface area (Å²) in [4.78, 5) is 22.7. The molecule has 0 saturated heterocycles. The first-order valence-electron chi connectivity index (χ1n) is 6.72. The molecule has 118 valence electrons. The molecule has 0 aliphatic heterocycles. The predicted molar refractivity (Wildman–Crippen MR) is 71.1 cm³/mol. The van der Waals surface area contributed by atoms with E-state index in [1.54, 1.807) is 0 Å². The third-order valence-electron chi connectivity index (χ3n) is 2.33. The minimum Gasteiger partial charge on any atom is -0.447 e. The summed E-state index contributed by atoms with van der Waals surface area (Å²) in [5.74, 6) is 0. The number of nitrogens with one attached hydrogen (secondary N) is 2. The largest absolute Gasteiger partial charge is 0.447 e. The maximum Gasteiger partial charge on any atom is 0.408 e. The van der Waals surface area contributed by atoms with Crippen LogP contribution in [0.2, 0.25) is 0 Å². The van der Waals surface area contributed by atoms with Crippen LogP contribution in [-0.2, 0) is 9.47 Å². The number of rotatable bonds is 10. The standard InChI is InChI=1S/C12H24N2O6/c1-2-3-4-5-10(13-11(17)19-8-6-15)14-12(18)20-9-7-16/h10,15-16H,2-9H2,1H3,(H,13,17)(H,14,18). The van der Waals surface area contributed by atoms with Crippen molar-refractivity contribution < 1.29 is 29.3 Å². The van der Waals surface area contributed by atoms with Gasteiger partial charge in [-0.3, -0.25) is 0 Å². The van der Waals surface area contributed by atoms with Gasteiger partial charge >= 0.3 is 12.2 Å². The molecule has 0 fully saturated rings. The fraction of sp³-hybridized carbons (Fsp3) is 0.833. The smallest absolute Gasteiger partial charge is 0.408 e. The van der Waals surface area contributed by atoms with Gasteiger partial charge in [0.05, 0.1) is 13.2 Å². The van der Waals surface area contributed by atoms with E-state index in [1.165, 1.54) is 0 Å². The topological polar surface area (TPSA) is 117 Å². The van der Waals surface area contributed by atoms with Gasteiger partial charge in [0.2, 0.25) is 0 Å². The van der Waals surface area contributed by atoms with E-state index in [2.05, 4.69) is 20.1 Å². The molecule has 0 aromatic rings. The first-order chi connectivity index (χ1) is 9.63. The quantitative estimate of drug-likeness (QED) is 0.340. The third-order valence-corrected chi connectivity index (χ3v) is 2.33. The number of carbonyl (C=O) groups is 2. The van der Waals surface area contributed by atoms with Crippen molar-refractivity contribution in [1.82, 2.24) is 10.6 Å². The summed E-state index contributed by atoms with van der Waals surface area (Å²) >= 11 is 0. The average molecular weight is 292 g/mol. The second-order valence-corrected chi connectivity index (χ2v) is 4.06. The van der Waals surface area contributed by atoms with Crippen molar-refractivity contribution in [3.63, 3.8) is 0 Å². The molecule has 0 aromatic heterocycles. The summed E-state index contributed by atoms with van der Waals surface area (Å²) in [6.45, 7) is 1.30. The first-order valence-corrected chi connectivity index (χ1v) is 6.72. The lowest BCUT2D eigenvalue weighted by Crippen LogP contribution is -2.48. The van der Waals surface area contributed by atoms with Gasteiger partial charge in [-0.25, -0.2) is 9.59 Å². The molecular weight excluding hydrogens is 268 g/mol. The zero-order valence-corrected chi connectivity index (χ0v) is 11.8. The van der Waals surface area contributed by atoms with Crippen LogP contribution in [-0.4, -0.2) is 55.0 Å². The van der Waals surface area contributed by atoms with Crippen molar-refractivity contribution in [1.29, 1.82) is 0 Å². The fourth-order valence-corrected chi connectivity index (χ4v) is 1.42. The number of aliphatic hydroxyl groups is 2. The Labute approximate surface area is 118 Å². The molecule has 8 heteroatoms. The van der Waals surface area contributed by atoms with Crippen LogP contribution in [0.3, 0.4) is 0 Å². The van der Waals surface area contributed by atoms with Crippen LogP contribution in [0.4, 0.5) is 9.59 Å². The van der Waals surface area contributed by atoms with Crippen molar-refractivity contribution >= 4 is 12.2 Å². The SMILES string of the molecule is CCCCCC(NC(=O)OCCO)NC(=O)OCCO. The Morgan fingerprint density at radius 3 is 1.90 bits per heavy atom. The summed E-state index contributed by atoms with van der Waals surface area (Å²) in [5.41, 5.74) is 0. The Hall–Kier alpha value is -1.54. The number of hydrogen-bond acceptors (Lipinski definition) is 6. The maximum absolute atomic E-state index is 11.4. The van der Waals surface area contributed by atoms with Crippen LogP contribution < -0.4 is 10.6 Å². The molecule has 4 N–H and O–H groups in total. The Morgan fingerprint density at radius 2 is 1.50 bits per heavy atom. The normalized spacial score (nSPS) is 10.2. The van der Waals surface area contributed by atoms with Gasteiger partial charge in [0.1, 0.15) is 19.4 Å². The number of carbonyl (C=O) groups excluding carboxylic acids is 2. The van der Waals surface area contributed by atoms with Crippen LogP contribution >= 0.6 is 0 Å². The summed E-state index contributed by atoms with van der Waals surface area (Å²) < 4.78 is 9.32. The average Bonchev–Trinajstić information content (AvgIpc) is 2.43. The number of unbranched alkanes of at least 4 members (excludes halogenated alkanes) is 2. The highest BCUT2D eigenvalue weighted by Crippen LogP contribution is 2.02. The molecule has 0 aromatic carbocycles. The van der Waals surface area contributed by atoms with Crippen LogP contribution in [0, 0.1) is 0 Å². The Balaban J connectivity index is 4.17. The number of amides is 2. The van der Waals surface area contributed by atoms with Crippen molar-refractivity contribution in [2.45, 2.75) is 38.8 Å². The molecule has 0 radical (unpaired) electrons. The summed E-state index contributed by atoms with van der Waals surface area (Å²) in [5, 5.41) is 22.0. The van der Waals surface area contributed by atoms with Gasteiger partial charge in [0.25, 0.3) is 0 Å². The molecular formula is C12H24N2O6. The molecule has 0 unspecified atom stereocenters. The molecule has 0 saturated carbocycles. The summed E-state index contributed by atoms with van der Waals surface area (Å²) in [7, 11) is 0. The highest BCUT2D eigenvalue weighted by molar-refractivity contribution is 5.70. The van der Waals surface area contributed by atoms with Crippen LogP contribution in [0.25, 0.3) is 0 Å². The molecule has 0 rings (SSSR count). The summed E-state index contributed by atoms with van der Waals surface area (Å²) in [6.07, 6.45) is 1.29. The number of hydrogen-bond donors (Lipinski definition) is 4. The zero-order valence-electron chi connectivity index (χ0n) is 11.8. The number of aliphatic hydroxyl groups excluding tert-OH is 2. The van der Waals surface area contributed by atoms with E-state index in [1.807, 2.05) is 6.92 Å². The van der Waals surface area contributed by atoms with Crippen molar-refractivity contribution in [2.24, 2.45) is 0 Å². The van der Waals surface area contributed by atoms with Gasteiger partial charge in [0, 0.05) is 0 Å². The van der Waals surface area contributed by atoms with Gasteiger partial charge in [0.15, 0.2) is 0 Å². The number of ether oxygens (including phenoxy) is 2. The van der Waals surface area contributed by atoms with Crippen molar-refractivity contribution in [3.05, 3.63) is 0 Å². The third kappa shape index (κ3) is 10.4. The Morgan fingerprint density at radius 1 is 1.00 bits per heavy atom. The minimum atomic E-state index is -0.719. The van der Waals surface area contributed by atoms with Gasteiger partial charge in [-0.1, -0.05) is 19.8 Å². The number of alkyl carbamates (subject to hydrolysis) is 2. The van der Waals surface area contributed by atoms with Crippen molar-refractivity contribution in [2.75, 3.05) is 26.4 Å². The van der Waals surface area contributed by atoms with Crippen LogP contribution in [0.1, 0.15) is 32.6 Å². The second-order valence-electron chi connectivity index (χ2n) is 4.06. The molecule has 8 nitrogen and oxygen atoms in total. The van der Waals surface area contributed by atoms with E-state index in [4.69, 9.17) is 10.2 Å². The lowest BCUT2D eigenvalue weighted by Gasteiger charge is -2.19. The van der Waals surface area contributed by atoms with Crippen LogP contribution in [0.5, 0.6) is 0 Å². The summed E-state index contributed by atoms with van der Waals surface area (Å²) in [6, 6.07) is 0. The van der Waals surface area contributed by atoms with Crippen molar-refractivity contribution in [3.8, 4) is 0 Å². The lowest BCUT2D eigenvalue weighted by molar-refractivity contribution is 0.104. The molecule has 0 bridgehead atoms. The molecule has 0 atom stereocenters. The van der Waals surface area contributed by atoms with E-state index >= 15 is 0 Å². The molecule has 0 aliphatic carbocycles. The minimum absolute atomic E-state index is 0.109. The zero-order chi connectivity index (χ0) is 15.2. The fourth-order valence-electron chi connectivity index (χ4n) is 1.42. The van der Waals surface area contributed by atoms with E-state index in [-0.39, 0.29) is 26.4 Å². The highest BCUT2D eigenvalue weighted by atomic mass is 16.6. The molecule has 0 spiro atoms. The monoisotopic (exact) mass is 292 g/mol. The second kappa shape index (κ2) is 12.5. The van der Waals surface area contributed by atoms with Gasteiger partial charge in [-0.05, 0) is 12.8 Å². The van der Waals surface area contributed by atoms with Gasteiger partial charge < -0.3 is 30.3 Å². The Kier molecular flexibility index (Phi) is 11.5. The molecule has 0 heterocycles. The van der Waals surface area contributed by atoms with Gasteiger partial charge in [-0.2, -0.15) is 0 Å². The maximum atomic E-state index is 11.4. The van der Waals surface area contributed by atoms with E-state index in [0.29, 0.717) is 6.42 Å². The van der Waals surface area contributed by atoms with E-state index in [9.17, 15) is 9.59 Å².